The summed E-state index contributed by atoms with van der Waals surface area (Å²) in [6.07, 6.45) is 1.78. The minimum atomic E-state index is -0.752. The highest BCUT2D eigenvalue weighted by atomic mass is 16.5. The average Bonchev–Trinajstić information content (AvgIpc) is 2.30. The minimum Gasteiger partial charge on any atom is -0.372 e. The van der Waals surface area contributed by atoms with Gasteiger partial charge in [0.05, 0.1) is 18.8 Å². The fourth-order valence-electron chi connectivity index (χ4n) is 2.68. The van der Waals surface area contributed by atoms with Gasteiger partial charge in [-0.25, -0.2) is 4.90 Å². The Bertz CT molecular complexity index is 485. The highest BCUT2D eigenvalue weighted by Crippen LogP contribution is 2.32. The van der Waals surface area contributed by atoms with E-state index in [4.69, 9.17) is 4.74 Å². The van der Waals surface area contributed by atoms with Crippen molar-refractivity contribution in [3.8, 4) is 0 Å². The molecule has 5 heteroatoms. The first-order valence-electron chi connectivity index (χ1n) is 5.94. The van der Waals surface area contributed by atoms with Gasteiger partial charge in [0.2, 0.25) is 0 Å². The molecule has 1 N–H and O–H groups in total. The van der Waals surface area contributed by atoms with Gasteiger partial charge in [0.1, 0.15) is 6.23 Å². The van der Waals surface area contributed by atoms with Crippen molar-refractivity contribution < 1.29 is 9.84 Å². The van der Waals surface area contributed by atoms with Crippen LogP contribution in [0.3, 0.4) is 0 Å². The topological polar surface area (TPSA) is 54.7 Å². The number of aromatic nitrogens is 1. The molecule has 5 nitrogen and oxygen atoms in total. The number of aliphatic hydroxyl groups excluding tert-OH is 1. The Morgan fingerprint density at radius 2 is 2.35 bits per heavy atom. The number of hydrogen-bond donors (Lipinski definition) is 1. The molecule has 1 unspecified atom stereocenters. The van der Waals surface area contributed by atoms with Crippen LogP contribution in [0.5, 0.6) is 0 Å². The van der Waals surface area contributed by atoms with Gasteiger partial charge in [-0.05, 0) is 13.3 Å². The van der Waals surface area contributed by atoms with Gasteiger partial charge in [0.15, 0.2) is 11.7 Å². The first kappa shape index (κ1) is 11.0. The molecule has 1 saturated heterocycles. The van der Waals surface area contributed by atoms with Crippen molar-refractivity contribution in [2.75, 3.05) is 6.61 Å². The summed E-state index contributed by atoms with van der Waals surface area (Å²) in [4.78, 5) is 13.3. The van der Waals surface area contributed by atoms with E-state index in [-0.39, 0.29) is 17.7 Å². The van der Waals surface area contributed by atoms with E-state index in [1.54, 1.807) is 6.20 Å². The maximum absolute atomic E-state index is 11.4. The van der Waals surface area contributed by atoms with Crippen molar-refractivity contribution >= 4 is 0 Å². The Hall–Kier alpha value is -1.17. The van der Waals surface area contributed by atoms with Crippen molar-refractivity contribution in [2.45, 2.75) is 38.4 Å². The van der Waals surface area contributed by atoms with Crippen molar-refractivity contribution in [1.29, 1.82) is 0 Å². The highest BCUT2D eigenvalue weighted by molar-refractivity contribution is 5.12. The van der Waals surface area contributed by atoms with Gasteiger partial charge in [-0.3, -0.25) is 4.79 Å². The van der Waals surface area contributed by atoms with Crippen molar-refractivity contribution in [3.05, 3.63) is 34.2 Å². The van der Waals surface area contributed by atoms with E-state index in [9.17, 15) is 9.90 Å². The molecule has 1 fully saturated rings. The molecule has 2 aliphatic heterocycles. The zero-order chi connectivity index (χ0) is 12.0. The van der Waals surface area contributed by atoms with E-state index in [1.165, 1.54) is 12.1 Å². The fourth-order valence-corrected chi connectivity index (χ4v) is 2.68. The third-order valence-electron chi connectivity index (χ3n) is 3.63. The van der Waals surface area contributed by atoms with Crippen LogP contribution in [-0.4, -0.2) is 33.5 Å². The molecule has 2 aliphatic rings. The fraction of sp³-hybridized carbons (Fsp3) is 0.583. The van der Waals surface area contributed by atoms with E-state index in [2.05, 4.69) is 6.92 Å². The summed E-state index contributed by atoms with van der Waals surface area (Å²) in [6, 6.07) is 3.29. The number of aliphatic hydroxyl groups is 1. The van der Waals surface area contributed by atoms with Crippen molar-refractivity contribution in [3.63, 3.8) is 0 Å². The summed E-state index contributed by atoms with van der Waals surface area (Å²) >= 11 is 0. The van der Waals surface area contributed by atoms with Crippen LogP contribution >= 0.6 is 0 Å². The molecule has 3 heterocycles. The number of fused-ring (bicyclic) bond motifs is 2. The summed E-state index contributed by atoms with van der Waals surface area (Å²) in [5.74, 6) is 0. The van der Waals surface area contributed by atoms with E-state index in [1.807, 2.05) is 9.47 Å². The van der Waals surface area contributed by atoms with Crippen LogP contribution in [0.25, 0.3) is 0 Å². The SMILES string of the molecule is CC1CCO[C@H]2Cn3ccc(=O)cc3[C@@H](O)N12. The van der Waals surface area contributed by atoms with Gasteiger partial charge in [-0.1, -0.05) is 0 Å². The van der Waals surface area contributed by atoms with Gasteiger partial charge in [-0.2, -0.15) is 0 Å². The van der Waals surface area contributed by atoms with E-state index >= 15 is 0 Å². The summed E-state index contributed by atoms with van der Waals surface area (Å²) < 4.78 is 7.57. The Labute approximate surface area is 99.2 Å². The summed E-state index contributed by atoms with van der Waals surface area (Å²) in [5.41, 5.74) is 0.588. The number of nitrogens with zero attached hydrogens (tertiary/aromatic N) is 2. The third kappa shape index (κ3) is 1.71. The Balaban J connectivity index is 2.04. The molecule has 17 heavy (non-hydrogen) atoms. The molecule has 1 aromatic rings. The number of ether oxygens (including phenoxy) is 1. The average molecular weight is 236 g/mol. The molecule has 3 atom stereocenters. The Morgan fingerprint density at radius 3 is 3.18 bits per heavy atom. The second kappa shape index (κ2) is 3.94. The van der Waals surface area contributed by atoms with Crippen LogP contribution in [0, 0.1) is 0 Å². The smallest absolute Gasteiger partial charge is 0.181 e. The zero-order valence-electron chi connectivity index (χ0n) is 9.74. The molecule has 0 saturated carbocycles. The summed E-state index contributed by atoms with van der Waals surface area (Å²) in [7, 11) is 0. The standard InChI is InChI=1S/C12H16N2O3/c1-8-3-5-17-11-7-13-4-2-9(15)6-10(13)12(16)14(8)11/h2,4,6,8,11-12,16H,3,5,7H2,1H3/t8?,11-,12+/m0/s1. The Morgan fingerprint density at radius 1 is 1.53 bits per heavy atom. The Kier molecular flexibility index (Phi) is 2.54. The summed E-state index contributed by atoms with van der Waals surface area (Å²) in [6.45, 7) is 3.47. The monoisotopic (exact) mass is 236 g/mol. The predicted octanol–water partition coefficient (Wildman–Crippen LogP) is 0.290. The molecule has 0 aliphatic carbocycles. The lowest BCUT2D eigenvalue weighted by Gasteiger charge is -2.47. The zero-order valence-corrected chi connectivity index (χ0v) is 9.74. The van der Waals surface area contributed by atoms with Gasteiger partial charge < -0.3 is 14.4 Å². The second-order valence-electron chi connectivity index (χ2n) is 4.72. The maximum atomic E-state index is 11.4. The van der Waals surface area contributed by atoms with Gasteiger partial charge in [0.25, 0.3) is 0 Å². The first-order chi connectivity index (χ1) is 8.16. The highest BCUT2D eigenvalue weighted by Gasteiger charge is 2.38. The van der Waals surface area contributed by atoms with Gasteiger partial charge in [-0.15, -0.1) is 0 Å². The van der Waals surface area contributed by atoms with Crippen LogP contribution < -0.4 is 5.43 Å². The molecule has 0 amide bonds. The molecular formula is C12H16N2O3. The normalized spacial score (nSPS) is 32.9. The number of rotatable bonds is 0. The second-order valence-corrected chi connectivity index (χ2v) is 4.72. The van der Waals surface area contributed by atoms with Crippen LogP contribution in [0.2, 0.25) is 0 Å². The van der Waals surface area contributed by atoms with E-state index < -0.39 is 6.23 Å². The number of hydrogen-bond acceptors (Lipinski definition) is 4. The van der Waals surface area contributed by atoms with Crippen LogP contribution in [0.1, 0.15) is 25.3 Å². The molecule has 0 radical (unpaired) electrons. The molecule has 3 rings (SSSR count). The van der Waals surface area contributed by atoms with Crippen LogP contribution in [0.15, 0.2) is 23.1 Å². The molecular weight excluding hydrogens is 220 g/mol. The predicted molar refractivity (Wildman–Crippen MR) is 61.3 cm³/mol. The molecule has 0 spiro atoms. The maximum Gasteiger partial charge on any atom is 0.181 e. The molecule has 92 valence electrons. The van der Waals surface area contributed by atoms with Gasteiger partial charge in [0, 0.05) is 24.4 Å². The summed E-state index contributed by atoms with van der Waals surface area (Å²) in [5, 5.41) is 10.3. The van der Waals surface area contributed by atoms with Gasteiger partial charge >= 0.3 is 0 Å². The van der Waals surface area contributed by atoms with Crippen molar-refractivity contribution in [2.24, 2.45) is 0 Å². The molecule has 0 aromatic carbocycles. The lowest BCUT2D eigenvalue weighted by molar-refractivity contribution is -0.203. The molecule has 0 bridgehead atoms. The largest absolute Gasteiger partial charge is 0.372 e. The lowest BCUT2D eigenvalue weighted by Crippen LogP contribution is -2.55. The van der Waals surface area contributed by atoms with E-state index in [0.717, 1.165) is 13.0 Å². The van der Waals surface area contributed by atoms with E-state index in [0.29, 0.717) is 12.2 Å². The number of pyridine rings is 1. The van der Waals surface area contributed by atoms with Crippen LogP contribution in [-0.2, 0) is 11.3 Å². The lowest BCUT2D eigenvalue weighted by atomic mass is 10.1. The third-order valence-corrected chi connectivity index (χ3v) is 3.63. The molecule has 1 aromatic heterocycles. The quantitative estimate of drug-likeness (QED) is 0.703. The van der Waals surface area contributed by atoms with Crippen LogP contribution in [0.4, 0.5) is 0 Å². The van der Waals surface area contributed by atoms with Crippen molar-refractivity contribution in [1.82, 2.24) is 9.47 Å². The first-order valence-corrected chi connectivity index (χ1v) is 5.94. The minimum absolute atomic E-state index is 0.0701.